The Hall–Kier alpha value is -2.11. The Morgan fingerprint density at radius 3 is 2.71 bits per heavy atom. The maximum atomic E-state index is 12.4. The number of aliphatic carboxylic acids is 1. The second-order valence-corrected chi connectivity index (χ2v) is 6.74. The Balaban J connectivity index is 2.47. The standard InChI is InChI=1S/C18H12BrClO4/c1-9-5-12-15(8-14(9)20)24-18(23)13(7-16(21)22)17(12)10-3-2-4-11(19)6-10/h2-6,8H,7H2,1H3,(H,21,22). The van der Waals surface area contributed by atoms with Crippen molar-refractivity contribution in [2.24, 2.45) is 0 Å². The third-order valence-corrected chi connectivity index (χ3v) is 4.62. The van der Waals surface area contributed by atoms with Gasteiger partial charge in [-0.15, -0.1) is 0 Å². The summed E-state index contributed by atoms with van der Waals surface area (Å²) in [6.45, 7) is 1.84. The summed E-state index contributed by atoms with van der Waals surface area (Å²) in [7, 11) is 0. The lowest BCUT2D eigenvalue weighted by Crippen LogP contribution is -2.14. The number of hydrogen-bond acceptors (Lipinski definition) is 3. The summed E-state index contributed by atoms with van der Waals surface area (Å²) in [5, 5.41) is 10.3. The largest absolute Gasteiger partial charge is 0.481 e. The molecule has 0 atom stereocenters. The van der Waals surface area contributed by atoms with Crippen molar-refractivity contribution in [2.75, 3.05) is 0 Å². The number of carboxylic acid groups (broad SMARTS) is 1. The molecule has 24 heavy (non-hydrogen) atoms. The van der Waals surface area contributed by atoms with Crippen molar-refractivity contribution in [2.45, 2.75) is 13.3 Å². The van der Waals surface area contributed by atoms with Gasteiger partial charge < -0.3 is 9.52 Å². The molecule has 1 N–H and O–H groups in total. The van der Waals surface area contributed by atoms with Crippen LogP contribution in [0, 0.1) is 6.92 Å². The summed E-state index contributed by atoms with van der Waals surface area (Å²) in [5.41, 5.74) is 1.90. The number of aryl methyl sites for hydroxylation is 1. The summed E-state index contributed by atoms with van der Waals surface area (Å²) in [5.74, 6) is -1.09. The predicted molar refractivity (Wildman–Crippen MR) is 96.7 cm³/mol. The van der Waals surface area contributed by atoms with Gasteiger partial charge in [0, 0.05) is 26.5 Å². The Morgan fingerprint density at radius 2 is 2.04 bits per heavy atom. The van der Waals surface area contributed by atoms with Crippen molar-refractivity contribution in [3.8, 4) is 11.1 Å². The van der Waals surface area contributed by atoms with Crippen molar-refractivity contribution in [3.05, 3.63) is 67.4 Å². The van der Waals surface area contributed by atoms with Gasteiger partial charge in [0.15, 0.2) is 0 Å². The molecule has 0 spiro atoms. The molecule has 1 aromatic heterocycles. The maximum Gasteiger partial charge on any atom is 0.340 e. The number of rotatable bonds is 3. The molecule has 0 aliphatic carbocycles. The van der Waals surface area contributed by atoms with Gasteiger partial charge in [0.2, 0.25) is 0 Å². The minimum absolute atomic E-state index is 0.120. The minimum atomic E-state index is -1.09. The molecule has 122 valence electrons. The van der Waals surface area contributed by atoms with Gasteiger partial charge in [-0.1, -0.05) is 39.7 Å². The van der Waals surface area contributed by atoms with Crippen LogP contribution in [0.3, 0.4) is 0 Å². The monoisotopic (exact) mass is 406 g/mol. The van der Waals surface area contributed by atoms with Crippen LogP contribution in [-0.2, 0) is 11.2 Å². The Labute approximate surface area is 150 Å². The van der Waals surface area contributed by atoms with Crippen molar-refractivity contribution in [3.63, 3.8) is 0 Å². The van der Waals surface area contributed by atoms with Gasteiger partial charge in [-0.05, 0) is 36.2 Å². The van der Waals surface area contributed by atoms with Crippen molar-refractivity contribution < 1.29 is 14.3 Å². The van der Waals surface area contributed by atoms with Gasteiger partial charge in [0.1, 0.15) is 5.58 Å². The molecule has 1 heterocycles. The molecule has 2 aromatic carbocycles. The molecule has 0 saturated heterocycles. The van der Waals surface area contributed by atoms with E-state index in [1.807, 2.05) is 37.3 Å². The maximum absolute atomic E-state index is 12.4. The van der Waals surface area contributed by atoms with Gasteiger partial charge in [0.05, 0.1) is 12.0 Å². The molecule has 0 aliphatic rings. The van der Waals surface area contributed by atoms with Crippen LogP contribution in [0.25, 0.3) is 22.1 Å². The van der Waals surface area contributed by atoms with E-state index >= 15 is 0 Å². The first-order valence-electron chi connectivity index (χ1n) is 7.10. The van der Waals surface area contributed by atoms with Crippen LogP contribution >= 0.6 is 27.5 Å². The van der Waals surface area contributed by atoms with Gasteiger partial charge in [-0.2, -0.15) is 0 Å². The van der Waals surface area contributed by atoms with Gasteiger partial charge >= 0.3 is 11.6 Å². The zero-order chi connectivity index (χ0) is 17.4. The van der Waals surface area contributed by atoms with E-state index in [1.165, 1.54) is 0 Å². The summed E-state index contributed by atoms with van der Waals surface area (Å²) < 4.78 is 6.13. The minimum Gasteiger partial charge on any atom is -0.481 e. The molecule has 0 saturated carbocycles. The van der Waals surface area contributed by atoms with Crippen LogP contribution in [-0.4, -0.2) is 11.1 Å². The van der Waals surface area contributed by atoms with Crippen molar-refractivity contribution in [1.82, 2.24) is 0 Å². The SMILES string of the molecule is Cc1cc2c(-c3cccc(Br)c3)c(CC(=O)O)c(=O)oc2cc1Cl. The molecule has 0 unspecified atom stereocenters. The third kappa shape index (κ3) is 3.09. The van der Waals surface area contributed by atoms with E-state index in [-0.39, 0.29) is 5.56 Å². The summed E-state index contributed by atoms with van der Waals surface area (Å²) in [4.78, 5) is 23.6. The molecule has 3 aromatic rings. The highest BCUT2D eigenvalue weighted by Gasteiger charge is 2.19. The normalized spacial score (nSPS) is 11.0. The number of carboxylic acids is 1. The van der Waals surface area contributed by atoms with E-state index in [2.05, 4.69) is 15.9 Å². The van der Waals surface area contributed by atoms with Crippen LogP contribution in [0.2, 0.25) is 5.02 Å². The lowest BCUT2D eigenvalue weighted by Gasteiger charge is -2.12. The molecule has 0 aliphatic heterocycles. The molecule has 0 bridgehead atoms. The average molecular weight is 408 g/mol. The zero-order valence-corrected chi connectivity index (χ0v) is 14.9. The highest BCUT2D eigenvalue weighted by molar-refractivity contribution is 9.10. The predicted octanol–water partition coefficient (Wildman–Crippen LogP) is 4.81. The lowest BCUT2D eigenvalue weighted by atomic mass is 9.95. The Kier molecular flexibility index (Phi) is 4.47. The highest BCUT2D eigenvalue weighted by atomic mass is 79.9. The van der Waals surface area contributed by atoms with Crippen LogP contribution < -0.4 is 5.63 Å². The second-order valence-electron chi connectivity index (χ2n) is 5.42. The van der Waals surface area contributed by atoms with Crippen LogP contribution in [0.1, 0.15) is 11.1 Å². The van der Waals surface area contributed by atoms with Crippen LogP contribution in [0.15, 0.2) is 50.1 Å². The summed E-state index contributed by atoms with van der Waals surface area (Å²) in [6.07, 6.45) is -0.415. The van der Waals surface area contributed by atoms with E-state index < -0.39 is 18.0 Å². The fraction of sp³-hybridized carbons (Fsp3) is 0.111. The average Bonchev–Trinajstić information content (AvgIpc) is 2.50. The fourth-order valence-electron chi connectivity index (χ4n) is 2.65. The summed E-state index contributed by atoms with van der Waals surface area (Å²) in [6, 6.07) is 10.7. The van der Waals surface area contributed by atoms with E-state index in [0.717, 1.165) is 15.6 Å². The zero-order valence-electron chi connectivity index (χ0n) is 12.6. The number of fused-ring (bicyclic) bond motifs is 1. The topological polar surface area (TPSA) is 67.5 Å². The van der Waals surface area contributed by atoms with Gasteiger partial charge in [0.25, 0.3) is 0 Å². The third-order valence-electron chi connectivity index (χ3n) is 3.72. The van der Waals surface area contributed by atoms with E-state index in [4.69, 9.17) is 16.0 Å². The van der Waals surface area contributed by atoms with Crippen molar-refractivity contribution >= 4 is 44.5 Å². The molecule has 6 heteroatoms. The number of benzene rings is 2. The van der Waals surface area contributed by atoms with Crippen LogP contribution in [0.4, 0.5) is 0 Å². The smallest absolute Gasteiger partial charge is 0.340 e. The molecule has 0 fully saturated rings. The molecule has 3 rings (SSSR count). The number of carbonyl (C=O) groups is 1. The first-order valence-corrected chi connectivity index (χ1v) is 8.27. The number of hydrogen-bond donors (Lipinski definition) is 1. The quantitative estimate of drug-likeness (QED) is 0.633. The van der Waals surface area contributed by atoms with E-state index in [1.54, 1.807) is 6.07 Å². The van der Waals surface area contributed by atoms with E-state index in [0.29, 0.717) is 21.6 Å². The fourth-order valence-corrected chi connectivity index (χ4v) is 3.21. The molecule has 4 nitrogen and oxygen atoms in total. The summed E-state index contributed by atoms with van der Waals surface area (Å²) >= 11 is 9.53. The second kappa shape index (κ2) is 6.42. The van der Waals surface area contributed by atoms with Gasteiger partial charge in [-0.25, -0.2) is 4.79 Å². The first kappa shape index (κ1) is 16.7. The molecule has 0 amide bonds. The molecule has 0 radical (unpaired) electrons. The lowest BCUT2D eigenvalue weighted by molar-refractivity contribution is -0.136. The highest BCUT2D eigenvalue weighted by Crippen LogP contribution is 2.34. The molecular weight excluding hydrogens is 396 g/mol. The van der Waals surface area contributed by atoms with Gasteiger partial charge in [-0.3, -0.25) is 4.79 Å². The Bertz CT molecular complexity index is 1020. The first-order chi connectivity index (χ1) is 11.4. The van der Waals surface area contributed by atoms with Crippen molar-refractivity contribution in [1.29, 1.82) is 0 Å². The van der Waals surface area contributed by atoms with Crippen LogP contribution in [0.5, 0.6) is 0 Å². The Morgan fingerprint density at radius 1 is 1.29 bits per heavy atom. The van der Waals surface area contributed by atoms with E-state index in [9.17, 15) is 14.7 Å². The molecular formula is C18H12BrClO4. The number of halogens is 2.